The van der Waals surface area contributed by atoms with E-state index < -0.39 is 0 Å². The second-order valence-electron chi connectivity index (χ2n) is 5.73. The summed E-state index contributed by atoms with van der Waals surface area (Å²) in [4.78, 5) is 26.4. The van der Waals surface area contributed by atoms with Gasteiger partial charge in [-0.1, -0.05) is 6.08 Å². The van der Waals surface area contributed by atoms with Gasteiger partial charge < -0.3 is 15.0 Å². The number of carbonyl (C=O) groups excluding carboxylic acids is 1. The highest BCUT2D eigenvalue weighted by Crippen LogP contribution is 2.19. The van der Waals surface area contributed by atoms with E-state index in [9.17, 15) is 9.59 Å². The molecule has 0 bridgehead atoms. The number of nitrogens with one attached hydrogen (secondary N) is 2. The van der Waals surface area contributed by atoms with Crippen LogP contribution in [0.4, 0.5) is 0 Å². The molecule has 0 spiro atoms. The Labute approximate surface area is 146 Å². The van der Waals surface area contributed by atoms with Crippen molar-refractivity contribution in [2.24, 2.45) is 0 Å². The van der Waals surface area contributed by atoms with Crippen molar-refractivity contribution in [2.75, 3.05) is 6.54 Å². The molecule has 2 N–H and O–H groups in total. The zero-order valence-electron chi connectivity index (χ0n) is 14.4. The van der Waals surface area contributed by atoms with Gasteiger partial charge in [-0.3, -0.25) is 9.59 Å². The van der Waals surface area contributed by atoms with Gasteiger partial charge in [-0.15, -0.1) is 16.8 Å². The highest BCUT2D eigenvalue weighted by Gasteiger charge is 2.09. The van der Waals surface area contributed by atoms with Crippen LogP contribution >= 0.6 is 0 Å². The third kappa shape index (κ3) is 5.56. The Bertz CT molecular complexity index is 782. The molecule has 0 saturated heterocycles. The van der Waals surface area contributed by atoms with Crippen molar-refractivity contribution < 1.29 is 9.53 Å². The molecule has 2 rings (SSSR count). The summed E-state index contributed by atoms with van der Waals surface area (Å²) in [5.41, 5.74) is 0.622. The highest BCUT2D eigenvalue weighted by atomic mass is 16.5. The van der Waals surface area contributed by atoms with Crippen LogP contribution in [0.3, 0.4) is 0 Å². The van der Waals surface area contributed by atoms with Gasteiger partial charge in [0.05, 0.1) is 6.10 Å². The molecule has 7 nitrogen and oxygen atoms in total. The Morgan fingerprint density at radius 3 is 2.64 bits per heavy atom. The molecular weight excluding hydrogens is 320 g/mol. The van der Waals surface area contributed by atoms with E-state index in [0.717, 1.165) is 11.3 Å². The van der Waals surface area contributed by atoms with Gasteiger partial charge in [-0.25, -0.2) is 0 Å². The molecule has 0 aliphatic heterocycles. The SMILES string of the molecule is C=CCNC(=O)CCc1nnc(-c2ccc(OC(C)C)cc2)[nH]c1=O. The predicted octanol–water partition coefficient (Wildman–Crippen LogP) is 1.85. The second-order valence-corrected chi connectivity index (χ2v) is 5.73. The maximum Gasteiger partial charge on any atom is 0.273 e. The van der Waals surface area contributed by atoms with Crippen LogP contribution in [0.15, 0.2) is 41.7 Å². The van der Waals surface area contributed by atoms with Crippen molar-refractivity contribution in [2.45, 2.75) is 32.8 Å². The number of carbonyl (C=O) groups is 1. The first-order valence-electron chi connectivity index (χ1n) is 8.10. The number of ether oxygens (including phenoxy) is 1. The maximum atomic E-state index is 12.1. The minimum atomic E-state index is -0.343. The van der Waals surface area contributed by atoms with Gasteiger partial charge in [0.1, 0.15) is 11.4 Å². The van der Waals surface area contributed by atoms with Gasteiger partial charge in [0.15, 0.2) is 5.82 Å². The van der Waals surface area contributed by atoms with Gasteiger partial charge in [0.25, 0.3) is 5.56 Å². The van der Waals surface area contributed by atoms with Crippen LogP contribution in [-0.4, -0.2) is 33.7 Å². The molecule has 0 unspecified atom stereocenters. The molecule has 1 aromatic carbocycles. The summed E-state index contributed by atoms with van der Waals surface area (Å²) >= 11 is 0. The van der Waals surface area contributed by atoms with E-state index in [4.69, 9.17) is 4.74 Å². The number of aromatic amines is 1. The summed E-state index contributed by atoms with van der Waals surface area (Å²) in [7, 11) is 0. The highest BCUT2D eigenvalue weighted by molar-refractivity contribution is 5.76. The summed E-state index contributed by atoms with van der Waals surface area (Å²) < 4.78 is 5.58. The summed E-state index contributed by atoms with van der Waals surface area (Å²) in [6.45, 7) is 7.83. The average Bonchev–Trinajstić information content (AvgIpc) is 2.59. The van der Waals surface area contributed by atoms with E-state index in [2.05, 4.69) is 27.1 Å². The lowest BCUT2D eigenvalue weighted by Crippen LogP contribution is -2.25. The smallest absolute Gasteiger partial charge is 0.273 e. The van der Waals surface area contributed by atoms with Crippen molar-refractivity contribution in [3.63, 3.8) is 0 Å². The van der Waals surface area contributed by atoms with Crippen LogP contribution in [0.25, 0.3) is 11.4 Å². The lowest BCUT2D eigenvalue weighted by Gasteiger charge is -2.09. The van der Waals surface area contributed by atoms with E-state index in [0.29, 0.717) is 12.4 Å². The van der Waals surface area contributed by atoms with Crippen molar-refractivity contribution >= 4 is 5.91 Å². The molecule has 2 aromatic rings. The van der Waals surface area contributed by atoms with E-state index in [1.54, 1.807) is 18.2 Å². The van der Waals surface area contributed by atoms with Gasteiger partial charge in [-0.2, -0.15) is 0 Å². The third-order valence-corrected chi connectivity index (χ3v) is 3.30. The summed E-state index contributed by atoms with van der Waals surface area (Å²) in [6, 6.07) is 7.24. The molecule has 0 fully saturated rings. The third-order valence-electron chi connectivity index (χ3n) is 3.30. The molecular formula is C18H22N4O3. The number of nitrogens with zero attached hydrogens (tertiary/aromatic N) is 2. The van der Waals surface area contributed by atoms with Crippen LogP contribution in [-0.2, 0) is 11.2 Å². The molecule has 0 aliphatic rings. The van der Waals surface area contributed by atoms with Crippen LogP contribution in [0, 0.1) is 0 Å². The number of hydrogen-bond acceptors (Lipinski definition) is 5. The summed E-state index contributed by atoms with van der Waals surface area (Å²) in [5.74, 6) is 0.961. The number of amides is 1. The van der Waals surface area contributed by atoms with Crippen LogP contribution in [0.5, 0.6) is 5.75 Å². The molecule has 0 aliphatic carbocycles. The Kier molecular flexibility index (Phi) is 6.45. The predicted molar refractivity (Wildman–Crippen MR) is 95.4 cm³/mol. The van der Waals surface area contributed by atoms with Crippen LogP contribution < -0.4 is 15.6 Å². The van der Waals surface area contributed by atoms with Crippen molar-refractivity contribution in [3.8, 4) is 17.1 Å². The van der Waals surface area contributed by atoms with E-state index >= 15 is 0 Å². The first-order chi connectivity index (χ1) is 12.0. The van der Waals surface area contributed by atoms with E-state index in [1.165, 1.54) is 0 Å². The average molecular weight is 342 g/mol. The molecule has 7 heteroatoms. The van der Waals surface area contributed by atoms with Gasteiger partial charge in [0, 0.05) is 24.9 Å². The van der Waals surface area contributed by atoms with Gasteiger partial charge >= 0.3 is 0 Å². The van der Waals surface area contributed by atoms with Crippen molar-refractivity contribution in [3.05, 3.63) is 53.0 Å². The Morgan fingerprint density at radius 1 is 1.32 bits per heavy atom. The fraction of sp³-hybridized carbons (Fsp3) is 0.333. The number of rotatable bonds is 8. The minimum absolute atomic E-state index is 0.0911. The molecule has 0 radical (unpaired) electrons. The molecule has 0 saturated carbocycles. The Hall–Kier alpha value is -2.96. The summed E-state index contributed by atoms with van der Waals surface area (Å²) in [6.07, 6.45) is 2.09. The number of benzene rings is 1. The fourth-order valence-corrected chi connectivity index (χ4v) is 2.12. The first-order valence-corrected chi connectivity index (χ1v) is 8.10. The molecule has 1 amide bonds. The van der Waals surface area contributed by atoms with Crippen LogP contribution in [0.1, 0.15) is 26.0 Å². The number of hydrogen-bond donors (Lipinski definition) is 2. The number of aryl methyl sites for hydroxylation is 1. The normalized spacial score (nSPS) is 10.5. The van der Waals surface area contributed by atoms with Gasteiger partial charge in [0.2, 0.25) is 5.91 Å². The maximum absolute atomic E-state index is 12.1. The zero-order valence-corrected chi connectivity index (χ0v) is 14.4. The largest absolute Gasteiger partial charge is 0.491 e. The minimum Gasteiger partial charge on any atom is -0.491 e. The Balaban J connectivity index is 2.04. The standard InChI is InChI=1S/C18H22N4O3/c1-4-11-19-16(23)10-9-15-18(24)20-17(22-21-15)13-5-7-14(8-6-13)25-12(2)3/h4-8,12H,1,9-11H2,2-3H3,(H,19,23)(H,20,22,24). The Morgan fingerprint density at radius 2 is 2.04 bits per heavy atom. The number of aromatic nitrogens is 3. The first kappa shape index (κ1) is 18.4. The van der Waals surface area contributed by atoms with E-state index in [1.807, 2.05) is 26.0 Å². The molecule has 0 atom stereocenters. The fourth-order valence-electron chi connectivity index (χ4n) is 2.12. The molecule has 132 valence electrons. The lowest BCUT2D eigenvalue weighted by atomic mass is 10.2. The second kappa shape index (κ2) is 8.77. The van der Waals surface area contributed by atoms with Crippen molar-refractivity contribution in [1.29, 1.82) is 0 Å². The van der Waals surface area contributed by atoms with E-state index in [-0.39, 0.29) is 36.1 Å². The van der Waals surface area contributed by atoms with Crippen LogP contribution in [0.2, 0.25) is 0 Å². The molecule has 1 aromatic heterocycles. The lowest BCUT2D eigenvalue weighted by molar-refractivity contribution is -0.120. The van der Waals surface area contributed by atoms with Crippen molar-refractivity contribution in [1.82, 2.24) is 20.5 Å². The van der Waals surface area contributed by atoms with Gasteiger partial charge in [-0.05, 0) is 38.1 Å². The molecule has 1 heterocycles. The zero-order chi connectivity index (χ0) is 18.2. The quantitative estimate of drug-likeness (QED) is 0.714. The topological polar surface area (TPSA) is 97.0 Å². The monoisotopic (exact) mass is 342 g/mol. The molecule has 25 heavy (non-hydrogen) atoms. The number of H-pyrrole nitrogens is 1. The summed E-state index contributed by atoms with van der Waals surface area (Å²) in [5, 5.41) is 10.6.